The van der Waals surface area contributed by atoms with Crippen molar-refractivity contribution in [3.05, 3.63) is 76.6 Å². The van der Waals surface area contributed by atoms with Gasteiger partial charge in [-0.2, -0.15) is 16.4 Å². The van der Waals surface area contributed by atoms with E-state index >= 15 is 0 Å². The Morgan fingerprint density at radius 2 is 2.10 bits per heavy atom. The molecule has 7 heteroatoms. The van der Waals surface area contributed by atoms with Gasteiger partial charge in [0.1, 0.15) is 5.82 Å². The topological polar surface area (TPSA) is 50.5 Å². The molecule has 0 saturated carbocycles. The summed E-state index contributed by atoms with van der Waals surface area (Å²) < 4.78 is 15.3. The summed E-state index contributed by atoms with van der Waals surface area (Å²) in [5, 5.41) is 8.49. The Kier molecular flexibility index (Phi) is 4.60. The third kappa shape index (κ3) is 3.53. The van der Waals surface area contributed by atoms with Gasteiger partial charge in [-0.05, 0) is 54.1 Å². The molecule has 146 valence electrons. The molecule has 5 rings (SSSR count). The maximum atomic E-state index is 13.6. The molecule has 1 unspecified atom stereocenters. The van der Waals surface area contributed by atoms with Crippen molar-refractivity contribution in [3.63, 3.8) is 0 Å². The molecule has 0 aliphatic carbocycles. The van der Waals surface area contributed by atoms with Gasteiger partial charge in [-0.15, -0.1) is 0 Å². The van der Waals surface area contributed by atoms with Crippen LogP contribution >= 0.6 is 11.3 Å². The number of nitrogens with zero attached hydrogens (tertiary/aromatic N) is 4. The van der Waals surface area contributed by atoms with Crippen LogP contribution in [0.15, 0.2) is 59.4 Å². The number of benzene rings is 1. The second-order valence-corrected chi connectivity index (χ2v) is 8.08. The van der Waals surface area contributed by atoms with Gasteiger partial charge in [0.2, 0.25) is 0 Å². The Morgan fingerprint density at radius 3 is 2.93 bits per heavy atom. The zero-order valence-electron chi connectivity index (χ0n) is 15.7. The van der Waals surface area contributed by atoms with Gasteiger partial charge in [0, 0.05) is 36.1 Å². The van der Waals surface area contributed by atoms with Crippen molar-refractivity contribution in [1.29, 1.82) is 0 Å². The summed E-state index contributed by atoms with van der Waals surface area (Å²) in [6.07, 6.45) is 3.77. The third-order valence-electron chi connectivity index (χ3n) is 5.35. The summed E-state index contributed by atoms with van der Waals surface area (Å²) in [6, 6.07) is 12.2. The van der Waals surface area contributed by atoms with E-state index in [9.17, 15) is 9.18 Å². The lowest BCUT2D eigenvalue weighted by Gasteiger charge is -2.31. The number of likely N-dealkylation sites (tertiary alicyclic amines) is 1. The van der Waals surface area contributed by atoms with Gasteiger partial charge in [0.15, 0.2) is 11.5 Å². The van der Waals surface area contributed by atoms with E-state index in [1.165, 1.54) is 23.5 Å². The number of hydrogen-bond donors (Lipinski definition) is 0. The third-order valence-corrected chi connectivity index (χ3v) is 6.03. The van der Waals surface area contributed by atoms with Crippen LogP contribution in [0.1, 0.15) is 34.9 Å². The van der Waals surface area contributed by atoms with E-state index in [-0.39, 0.29) is 17.6 Å². The molecule has 1 aliphatic heterocycles. The number of halogens is 1. The van der Waals surface area contributed by atoms with Crippen LogP contribution in [0, 0.1) is 5.82 Å². The number of amides is 1. The molecule has 29 heavy (non-hydrogen) atoms. The smallest absolute Gasteiger partial charge is 0.254 e. The van der Waals surface area contributed by atoms with Gasteiger partial charge in [0.05, 0.1) is 5.56 Å². The quantitative estimate of drug-likeness (QED) is 0.499. The number of aromatic nitrogens is 3. The number of carbonyl (C=O) groups is 1. The molecule has 1 saturated heterocycles. The normalized spacial score (nSPS) is 17.0. The molecule has 0 radical (unpaired) electrons. The molecule has 0 spiro atoms. The van der Waals surface area contributed by atoms with Crippen LogP contribution in [0.25, 0.3) is 16.8 Å². The number of piperidine rings is 1. The van der Waals surface area contributed by atoms with Crippen LogP contribution in [0.2, 0.25) is 0 Å². The first-order chi connectivity index (χ1) is 14.2. The molecule has 1 aliphatic rings. The number of thiophene rings is 1. The van der Waals surface area contributed by atoms with E-state index in [4.69, 9.17) is 0 Å². The molecule has 0 N–H and O–H groups in total. The van der Waals surface area contributed by atoms with Crippen molar-refractivity contribution in [1.82, 2.24) is 19.5 Å². The second-order valence-electron chi connectivity index (χ2n) is 7.30. The van der Waals surface area contributed by atoms with Gasteiger partial charge in [-0.1, -0.05) is 12.1 Å². The Hall–Kier alpha value is -3.06. The summed E-state index contributed by atoms with van der Waals surface area (Å²) in [5.41, 5.74) is 3.18. The molecule has 4 heterocycles. The minimum atomic E-state index is -0.264. The highest BCUT2D eigenvalue weighted by atomic mass is 32.1. The standard InChI is InChI=1S/C22H19FN4OS/c23-19-5-1-3-15(11-19)16-6-7-20-24-21(25-27(20)13-16)17-4-2-9-26(12-17)22(28)18-8-10-29-14-18/h1,3,5-8,10-11,13-14,17H,2,4,9,12H2. The minimum Gasteiger partial charge on any atom is -0.338 e. The highest BCUT2D eigenvalue weighted by molar-refractivity contribution is 7.08. The molecular formula is C22H19FN4OS. The average molecular weight is 406 g/mol. The molecule has 3 aromatic heterocycles. The summed E-state index contributed by atoms with van der Waals surface area (Å²) >= 11 is 1.53. The maximum absolute atomic E-state index is 13.6. The number of fused-ring (bicyclic) bond motifs is 1. The van der Waals surface area contributed by atoms with Gasteiger partial charge < -0.3 is 4.90 Å². The molecule has 5 nitrogen and oxygen atoms in total. The fraction of sp³-hybridized carbons (Fsp3) is 0.227. The zero-order valence-corrected chi connectivity index (χ0v) is 16.5. The van der Waals surface area contributed by atoms with Gasteiger partial charge in [-0.25, -0.2) is 13.9 Å². The Morgan fingerprint density at radius 1 is 1.17 bits per heavy atom. The minimum absolute atomic E-state index is 0.0769. The van der Waals surface area contributed by atoms with Crippen LogP contribution in [-0.2, 0) is 0 Å². The summed E-state index contributed by atoms with van der Waals surface area (Å²) in [6.45, 7) is 1.39. The van der Waals surface area contributed by atoms with E-state index in [1.807, 2.05) is 46.1 Å². The summed E-state index contributed by atoms with van der Waals surface area (Å²) in [4.78, 5) is 19.3. The fourth-order valence-electron chi connectivity index (χ4n) is 3.85. The van der Waals surface area contributed by atoms with Crippen LogP contribution in [0.4, 0.5) is 4.39 Å². The van der Waals surface area contributed by atoms with Crippen LogP contribution in [-0.4, -0.2) is 38.5 Å². The number of pyridine rings is 1. The Labute approximate surface area is 171 Å². The van der Waals surface area contributed by atoms with Gasteiger partial charge in [-0.3, -0.25) is 4.79 Å². The molecule has 1 fully saturated rings. The second kappa shape index (κ2) is 7.40. The predicted molar refractivity (Wildman–Crippen MR) is 111 cm³/mol. The van der Waals surface area contributed by atoms with E-state index in [2.05, 4.69) is 10.1 Å². The van der Waals surface area contributed by atoms with Crippen molar-refractivity contribution < 1.29 is 9.18 Å². The average Bonchev–Trinajstić information content (AvgIpc) is 3.43. The lowest BCUT2D eigenvalue weighted by Crippen LogP contribution is -2.39. The van der Waals surface area contributed by atoms with Crippen LogP contribution in [0.3, 0.4) is 0 Å². The first-order valence-corrected chi connectivity index (χ1v) is 10.6. The zero-order chi connectivity index (χ0) is 19.8. The number of rotatable bonds is 3. The van der Waals surface area contributed by atoms with Crippen molar-refractivity contribution in [2.45, 2.75) is 18.8 Å². The molecule has 1 aromatic carbocycles. The van der Waals surface area contributed by atoms with Crippen LogP contribution < -0.4 is 0 Å². The van der Waals surface area contributed by atoms with E-state index < -0.39 is 0 Å². The summed E-state index contributed by atoms with van der Waals surface area (Å²) in [7, 11) is 0. The molecule has 1 atom stereocenters. The number of carbonyl (C=O) groups excluding carboxylic acids is 1. The van der Waals surface area contributed by atoms with E-state index in [0.717, 1.165) is 47.5 Å². The van der Waals surface area contributed by atoms with Crippen molar-refractivity contribution in [3.8, 4) is 11.1 Å². The first-order valence-electron chi connectivity index (χ1n) is 9.61. The lowest BCUT2D eigenvalue weighted by molar-refractivity contribution is 0.0705. The molecule has 4 aromatic rings. The van der Waals surface area contributed by atoms with Crippen molar-refractivity contribution >= 4 is 22.9 Å². The summed E-state index contributed by atoms with van der Waals surface area (Å²) in [5.74, 6) is 0.681. The number of hydrogen-bond acceptors (Lipinski definition) is 4. The maximum Gasteiger partial charge on any atom is 0.254 e. The Bertz CT molecular complexity index is 1170. The van der Waals surface area contributed by atoms with Gasteiger partial charge in [0.25, 0.3) is 5.91 Å². The van der Waals surface area contributed by atoms with E-state index in [0.29, 0.717) is 6.54 Å². The van der Waals surface area contributed by atoms with E-state index in [1.54, 1.807) is 10.6 Å². The fourth-order valence-corrected chi connectivity index (χ4v) is 4.48. The monoisotopic (exact) mass is 406 g/mol. The lowest BCUT2D eigenvalue weighted by atomic mass is 9.97. The van der Waals surface area contributed by atoms with Crippen LogP contribution in [0.5, 0.6) is 0 Å². The van der Waals surface area contributed by atoms with Gasteiger partial charge >= 0.3 is 0 Å². The van der Waals surface area contributed by atoms with Crippen molar-refractivity contribution in [2.75, 3.05) is 13.1 Å². The highest BCUT2D eigenvalue weighted by Gasteiger charge is 2.28. The van der Waals surface area contributed by atoms with Crippen molar-refractivity contribution in [2.24, 2.45) is 0 Å². The SMILES string of the molecule is O=C(c1ccsc1)N1CCCC(c2nc3ccc(-c4cccc(F)c4)cn3n2)C1. The first kappa shape index (κ1) is 18.0. The highest BCUT2D eigenvalue weighted by Crippen LogP contribution is 2.27. The molecular weight excluding hydrogens is 387 g/mol. The largest absolute Gasteiger partial charge is 0.338 e. The molecule has 0 bridgehead atoms. The molecule has 1 amide bonds. The Balaban J connectivity index is 1.40. The predicted octanol–water partition coefficient (Wildman–Crippen LogP) is 4.62.